The molecule has 1 aromatic carbocycles. The molecule has 1 aliphatic rings. The van der Waals surface area contributed by atoms with Crippen molar-refractivity contribution in [1.82, 2.24) is 4.90 Å². The minimum absolute atomic E-state index is 0.193. The van der Waals surface area contributed by atoms with Gasteiger partial charge in [0.1, 0.15) is 5.82 Å². The van der Waals surface area contributed by atoms with E-state index in [4.69, 9.17) is 0 Å². The second-order valence-electron chi connectivity index (χ2n) is 5.04. The van der Waals surface area contributed by atoms with Crippen molar-refractivity contribution in [1.29, 1.82) is 0 Å². The monoisotopic (exact) mass is 267 g/mol. The van der Waals surface area contributed by atoms with Gasteiger partial charge in [0.15, 0.2) is 0 Å². The van der Waals surface area contributed by atoms with Gasteiger partial charge in [0.05, 0.1) is 11.0 Å². The number of rotatable bonds is 3. The molecule has 0 spiro atoms. The fourth-order valence-corrected chi connectivity index (χ4v) is 2.34. The van der Waals surface area contributed by atoms with Crippen molar-refractivity contribution >= 4 is 11.4 Å². The van der Waals surface area contributed by atoms with Gasteiger partial charge in [-0.1, -0.05) is 0 Å². The summed E-state index contributed by atoms with van der Waals surface area (Å²) < 4.78 is 13.4. The van der Waals surface area contributed by atoms with Gasteiger partial charge in [-0.25, -0.2) is 4.39 Å². The zero-order valence-electron chi connectivity index (χ0n) is 11.2. The van der Waals surface area contributed by atoms with Crippen LogP contribution in [0, 0.1) is 15.9 Å². The predicted octanol–water partition coefficient (Wildman–Crippen LogP) is 2.26. The lowest BCUT2D eigenvalue weighted by Crippen LogP contribution is -2.48. The largest absolute Gasteiger partial charge is 0.369 e. The molecular formula is C13H18FN3O2. The molecule has 19 heavy (non-hydrogen) atoms. The zero-order valence-corrected chi connectivity index (χ0v) is 11.2. The van der Waals surface area contributed by atoms with E-state index in [2.05, 4.69) is 18.7 Å². The highest BCUT2D eigenvalue weighted by Crippen LogP contribution is 2.24. The van der Waals surface area contributed by atoms with Gasteiger partial charge in [-0.2, -0.15) is 0 Å². The SMILES string of the molecule is CC(C)N1CCN(c2cc(F)cc([N+](=O)[O-])c2)CC1. The highest BCUT2D eigenvalue weighted by atomic mass is 19.1. The average molecular weight is 267 g/mol. The van der Waals surface area contributed by atoms with E-state index in [0.29, 0.717) is 11.7 Å². The van der Waals surface area contributed by atoms with Crippen molar-refractivity contribution in [2.75, 3.05) is 31.1 Å². The molecule has 1 heterocycles. The van der Waals surface area contributed by atoms with Crippen LogP contribution in [-0.2, 0) is 0 Å². The van der Waals surface area contributed by atoms with Gasteiger partial charge in [0.25, 0.3) is 5.69 Å². The van der Waals surface area contributed by atoms with Crippen LogP contribution in [0.4, 0.5) is 15.8 Å². The predicted molar refractivity (Wildman–Crippen MR) is 72.0 cm³/mol. The number of piperazine rings is 1. The summed E-state index contributed by atoms with van der Waals surface area (Å²) in [5.74, 6) is -0.560. The van der Waals surface area contributed by atoms with Crippen LogP contribution >= 0.6 is 0 Å². The van der Waals surface area contributed by atoms with Crippen LogP contribution in [0.2, 0.25) is 0 Å². The molecule has 104 valence electrons. The molecule has 2 rings (SSSR count). The molecule has 0 N–H and O–H groups in total. The molecule has 1 fully saturated rings. The number of hydrogen-bond acceptors (Lipinski definition) is 4. The number of benzene rings is 1. The lowest BCUT2D eigenvalue weighted by atomic mass is 10.2. The number of nitro groups is 1. The summed E-state index contributed by atoms with van der Waals surface area (Å²) in [7, 11) is 0. The zero-order chi connectivity index (χ0) is 14.0. The summed E-state index contributed by atoms with van der Waals surface area (Å²) in [4.78, 5) is 14.5. The smallest absolute Gasteiger partial charge is 0.274 e. The Labute approximate surface area is 111 Å². The number of hydrogen-bond donors (Lipinski definition) is 0. The first-order valence-corrected chi connectivity index (χ1v) is 6.41. The normalized spacial score (nSPS) is 16.9. The third kappa shape index (κ3) is 3.20. The molecule has 1 saturated heterocycles. The van der Waals surface area contributed by atoms with Gasteiger partial charge in [0, 0.05) is 44.0 Å². The quantitative estimate of drug-likeness (QED) is 0.622. The molecule has 1 aromatic rings. The Morgan fingerprint density at radius 1 is 1.21 bits per heavy atom. The number of non-ortho nitro benzene ring substituents is 1. The van der Waals surface area contributed by atoms with Gasteiger partial charge in [0.2, 0.25) is 0 Å². The van der Waals surface area contributed by atoms with Crippen molar-refractivity contribution < 1.29 is 9.31 Å². The summed E-state index contributed by atoms with van der Waals surface area (Å²) in [5.41, 5.74) is 0.399. The van der Waals surface area contributed by atoms with Gasteiger partial charge in [-0.3, -0.25) is 15.0 Å². The third-order valence-electron chi connectivity index (χ3n) is 3.49. The summed E-state index contributed by atoms with van der Waals surface area (Å²) >= 11 is 0. The Morgan fingerprint density at radius 3 is 2.37 bits per heavy atom. The maximum absolute atomic E-state index is 13.4. The average Bonchev–Trinajstić information content (AvgIpc) is 2.38. The van der Waals surface area contributed by atoms with Crippen molar-refractivity contribution in [3.05, 3.63) is 34.1 Å². The van der Waals surface area contributed by atoms with E-state index in [-0.39, 0.29) is 5.69 Å². The van der Waals surface area contributed by atoms with Gasteiger partial charge in [-0.15, -0.1) is 0 Å². The lowest BCUT2D eigenvalue weighted by Gasteiger charge is -2.38. The highest BCUT2D eigenvalue weighted by Gasteiger charge is 2.21. The van der Waals surface area contributed by atoms with Crippen LogP contribution in [0.1, 0.15) is 13.8 Å². The topological polar surface area (TPSA) is 49.6 Å². The summed E-state index contributed by atoms with van der Waals surface area (Å²) in [5, 5.41) is 10.7. The Kier molecular flexibility index (Phi) is 3.99. The molecule has 0 amide bonds. The molecule has 1 aliphatic heterocycles. The molecule has 0 radical (unpaired) electrons. The van der Waals surface area contributed by atoms with Crippen molar-refractivity contribution in [2.45, 2.75) is 19.9 Å². The summed E-state index contributed by atoms with van der Waals surface area (Å²) in [6.07, 6.45) is 0. The molecule has 6 heteroatoms. The van der Waals surface area contributed by atoms with Crippen LogP contribution in [0.15, 0.2) is 18.2 Å². The Hall–Kier alpha value is -1.69. The van der Waals surface area contributed by atoms with Crippen LogP contribution in [-0.4, -0.2) is 42.0 Å². The van der Waals surface area contributed by atoms with E-state index in [1.165, 1.54) is 12.1 Å². The molecule has 0 atom stereocenters. The van der Waals surface area contributed by atoms with Crippen LogP contribution in [0.3, 0.4) is 0 Å². The first-order chi connectivity index (χ1) is 8.97. The Balaban J connectivity index is 2.13. The maximum atomic E-state index is 13.4. The first-order valence-electron chi connectivity index (χ1n) is 6.41. The van der Waals surface area contributed by atoms with Gasteiger partial charge >= 0.3 is 0 Å². The van der Waals surface area contributed by atoms with Crippen molar-refractivity contribution in [3.8, 4) is 0 Å². The Bertz CT molecular complexity index is 471. The molecular weight excluding hydrogens is 249 g/mol. The second-order valence-corrected chi connectivity index (χ2v) is 5.04. The van der Waals surface area contributed by atoms with Gasteiger partial charge in [-0.05, 0) is 19.9 Å². The standard InChI is InChI=1S/C13H18FN3O2/c1-10(2)15-3-5-16(6-4-15)12-7-11(14)8-13(9-12)17(18)19/h7-10H,3-6H2,1-2H3. The van der Waals surface area contributed by atoms with Crippen LogP contribution < -0.4 is 4.90 Å². The van der Waals surface area contributed by atoms with E-state index in [1.54, 1.807) is 0 Å². The minimum Gasteiger partial charge on any atom is -0.369 e. The minimum atomic E-state index is -0.560. The second kappa shape index (κ2) is 5.52. The van der Waals surface area contributed by atoms with Gasteiger partial charge < -0.3 is 4.90 Å². The number of anilines is 1. The third-order valence-corrected chi connectivity index (χ3v) is 3.49. The molecule has 0 aliphatic carbocycles. The fourth-order valence-electron chi connectivity index (χ4n) is 2.34. The van der Waals surface area contributed by atoms with Crippen molar-refractivity contribution in [3.63, 3.8) is 0 Å². The van der Waals surface area contributed by atoms with E-state index in [9.17, 15) is 14.5 Å². The highest BCUT2D eigenvalue weighted by molar-refractivity contribution is 5.54. The van der Waals surface area contributed by atoms with E-state index in [0.717, 1.165) is 32.2 Å². The molecule has 0 unspecified atom stereocenters. The molecule has 5 nitrogen and oxygen atoms in total. The number of halogens is 1. The number of nitro benzene ring substituents is 1. The Morgan fingerprint density at radius 2 is 1.84 bits per heavy atom. The maximum Gasteiger partial charge on any atom is 0.274 e. The summed E-state index contributed by atoms with van der Waals surface area (Å²) in [6, 6.07) is 4.24. The molecule has 0 saturated carbocycles. The molecule has 0 aromatic heterocycles. The van der Waals surface area contributed by atoms with E-state index >= 15 is 0 Å². The number of nitrogens with zero attached hydrogens (tertiary/aromatic N) is 3. The lowest BCUT2D eigenvalue weighted by molar-refractivity contribution is -0.385. The van der Waals surface area contributed by atoms with Crippen LogP contribution in [0.5, 0.6) is 0 Å². The van der Waals surface area contributed by atoms with E-state index < -0.39 is 10.7 Å². The van der Waals surface area contributed by atoms with Crippen LogP contribution in [0.25, 0.3) is 0 Å². The fraction of sp³-hybridized carbons (Fsp3) is 0.538. The van der Waals surface area contributed by atoms with E-state index in [1.807, 2.05) is 4.90 Å². The molecule has 0 bridgehead atoms. The van der Waals surface area contributed by atoms with Crippen molar-refractivity contribution in [2.24, 2.45) is 0 Å². The first kappa shape index (κ1) is 13.7. The summed E-state index contributed by atoms with van der Waals surface area (Å²) in [6.45, 7) is 7.59.